The molecule has 0 atom stereocenters. The second-order valence-electron chi connectivity index (χ2n) is 6.73. The Kier molecular flexibility index (Phi) is 5.67. The van der Waals surface area contributed by atoms with Crippen LogP contribution in [-0.4, -0.2) is 22.6 Å². The molecule has 1 amide bonds. The van der Waals surface area contributed by atoms with Crippen molar-refractivity contribution in [1.82, 2.24) is 15.5 Å². The van der Waals surface area contributed by atoms with E-state index in [-0.39, 0.29) is 11.7 Å². The molecule has 4 aromatic rings. The molecule has 29 heavy (non-hydrogen) atoms. The van der Waals surface area contributed by atoms with Crippen molar-refractivity contribution in [3.8, 4) is 0 Å². The fraction of sp³-hybridized carbons (Fsp3) is 0.182. The molecule has 0 aliphatic rings. The lowest BCUT2D eigenvalue weighted by atomic mass is 10.1. The number of amides is 1. The first-order valence-electron chi connectivity index (χ1n) is 9.28. The Balaban J connectivity index is 1.38. The zero-order valence-corrected chi connectivity index (χ0v) is 16.7. The number of aromatic amines is 1. The van der Waals surface area contributed by atoms with Crippen LogP contribution in [0.25, 0.3) is 10.9 Å². The predicted octanol–water partition coefficient (Wildman–Crippen LogP) is 4.87. The van der Waals surface area contributed by atoms with Crippen LogP contribution < -0.4 is 5.32 Å². The zero-order chi connectivity index (χ0) is 20.2. The van der Waals surface area contributed by atoms with Crippen LogP contribution in [0.3, 0.4) is 0 Å². The average Bonchev–Trinajstić information content (AvgIpc) is 3.32. The topological polar surface area (TPSA) is 70.9 Å². The number of aryl methyl sites for hydroxylation is 1. The van der Waals surface area contributed by atoms with Gasteiger partial charge in [-0.1, -0.05) is 17.3 Å². The van der Waals surface area contributed by atoms with Crippen LogP contribution in [0.5, 0.6) is 0 Å². The normalized spacial score (nSPS) is 11.1. The minimum Gasteiger partial charge on any atom is -0.361 e. The van der Waals surface area contributed by atoms with Crippen molar-refractivity contribution < 1.29 is 13.7 Å². The first kappa shape index (κ1) is 19.3. The number of aromatic nitrogens is 2. The van der Waals surface area contributed by atoms with E-state index in [9.17, 15) is 9.18 Å². The summed E-state index contributed by atoms with van der Waals surface area (Å²) in [6.07, 6.45) is 2.52. The molecule has 0 saturated carbocycles. The molecule has 5 nitrogen and oxygen atoms in total. The fourth-order valence-corrected chi connectivity index (χ4v) is 4.11. The van der Waals surface area contributed by atoms with Gasteiger partial charge in [0.05, 0.1) is 17.0 Å². The number of fused-ring (bicyclic) bond motifs is 1. The van der Waals surface area contributed by atoms with Crippen LogP contribution in [0.4, 0.5) is 4.39 Å². The van der Waals surface area contributed by atoms with Crippen LogP contribution >= 0.6 is 11.8 Å². The summed E-state index contributed by atoms with van der Waals surface area (Å²) in [5.74, 6) is 0.997. The number of carbonyl (C=O) groups excluding carboxylic acids is 1. The van der Waals surface area contributed by atoms with E-state index in [1.165, 1.54) is 12.1 Å². The second-order valence-corrected chi connectivity index (χ2v) is 7.75. The number of hydrogen-bond donors (Lipinski definition) is 2. The lowest BCUT2D eigenvalue weighted by Crippen LogP contribution is -2.26. The van der Waals surface area contributed by atoms with E-state index < -0.39 is 0 Å². The molecule has 148 valence electrons. The quantitative estimate of drug-likeness (QED) is 0.427. The van der Waals surface area contributed by atoms with E-state index in [1.807, 2.05) is 43.5 Å². The summed E-state index contributed by atoms with van der Waals surface area (Å²) < 4.78 is 18.6. The summed E-state index contributed by atoms with van der Waals surface area (Å²) >= 11 is 1.54. The molecule has 0 unspecified atom stereocenters. The van der Waals surface area contributed by atoms with Gasteiger partial charge in [0.1, 0.15) is 11.6 Å². The van der Waals surface area contributed by atoms with Crippen LogP contribution in [-0.2, 0) is 12.2 Å². The average molecular weight is 409 g/mol. The molecule has 0 aliphatic heterocycles. The van der Waals surface area contributed by atoms with Gasteiger partial charge in [-0.05, 0) is 49.2 Å². The SMILES string of the molecule is Cc1cc(CSc2ccccc2C(=O)NCCc2c[nH]c3cc(F)ccc23)on1. The lowest BCUT2D eigenvalue weighted by Gasteiger charge is -2.09. The molecule has 0 bridgehead atoms. The summed E-state index contributed by atoms with van der Waals surface area (Å²) in [6, 6.07) is 14.1. The third-order valence-corrected chi connectivity index (χ3v) is 5.68. The van der Waals surface area contributed by atoms with Crippen LogP contribution in [0.1, 0.15) is 27.4 Å². The molecule has 0 aliphatic carbocycles. The van der Waals surface area contributed by atoms with Gasteiger partial charge in [-0.15, -0.1) is 11.8 Å². The van der Waals surface area contributed by atoms with E-state index in [0.29, 0.717) is 24.3 Å². The molecule has 0 fully saturated rings. The summed E-state index contributed by atoms with van der Waals surface area (Å²) in [6.45, 7) is 2.37. The minimum absolute atomic E-state index is 0.118. The van der Waals surface area contributed by atoms with Crippen molar-refractivity contribution in [3.05, 3.63) is 83.1 Å². The van der Waals surface area contributed by atoms with E-state index in [0.717, 1.165) is 32.8 Å². The first-order valence-corrected chi connectivity index (χ1v) is 10.3. The van der Waals surface area contributed by atoms with Crippen LogP contribution in [0.2, 0.25) is 0 Å². The Morgan fingerprint density at radius 2 is 2.10 bits per heavy atom. The molecule has 0 spiro atoms. The summed E-state index contributed by atoms with van der Waals surface area (Å²) in [4.78, 5) is 16.7. The molecule has 2 heterocycles. The van der Waals surface area contributed by atoms with E-state index in [4.69, 9.17) is 4.52 Å². The second kappa shape index (κ2) is 8.53. The number of carbonyl (C=O) groups is 1. The van der Waals surface area contributed by atoms with Gasteiger partial charge in [-0.2, -0.15) is 0 Å². The molecule has 2 aromatic carbocycles. The summed E-state index contributed by atoms with van der Waals surface area (Å²) in [7, 11) is 0. The molecule has 4 rings (SSSR count). The Morgan fingerprint density at radius 1 is 1.24 bits per heavy atom. The van der Waals surface area contributed by atoms with Gasteiger partial charge in [0.15, 0.2) is 0 Å². The van der Waals surface area contributed by atoms with Crippen molar-refractivity contribution in [2.45, 2.75) is 24.0 Å². The zero-order valence-electron chi connectivity index (χ0n) is 15.9. The summed E-state index contributed by atoms with van der Waals surface area (Å²) in [5, 5.41) is 7.84. The Bertz CT molecular complexity index is 1150. The maximum absolute atomic E-state index is 13.3. The highest BCUT2D eigenvalue weighted by molar-refractivity contribution is 7.98. The number of nitrogens with zero attached hydrogens (tertiary/aromatic N) is 1. The third kappa shape index (κ3) is 4.51. The number of nitrogens with one attached hydrogen (secondary N) is 2. The Hall–Kier alpha value is -3.06. The smallest absolute Gasteiger partial charge is 0.252 e. The number of rotatable bonds is 7. The maximum atomic E-state index is 13.3. The highest BCUT2D eigenvalue weighted by atomic mass is 32.2. The van der Waals surface area contributed by atoms with Crippen LogP contribution in [0.15, 0.2) is 64.1 Å². The monoisotopic (exact) mass is 409 g/mol. The number of H-pyrrole nitrogens is 1. The number of thioether (sulfide) groups is 1. The number of benzene rings is 2. The van der Waals surface area contributed by atoms with Gasteiger partial charge in [0.25, 0.3) is 5.91 Å². The van der Waals surface area contributed by atoms with Crippen molar-refractivity contribution in [2.75, 3.05) is 6.54 Å². The van der Waals surface area contributed by atoms with Crippen molar-refractivity contribution in [3.63, 3.8) is 0 Å². The van der Waals surface area contributed by atoms with Gasteiger partial charge in [-0.25, -0.2) is 4.39 Å². The molecule has 2 aromatic heterocycles. The predicted molar refractivity (Wildman–Crippen MR) is 112 cm³/mol. The molecular formula is C22H20FN3O2S. The standard InChI is InChI=1S/C22H20FN3O2S/c1-14-10-17(28-26-14)13-29-21-5-3-2-4-19(21)22(27)24-9-8-15-12-25-20-11-16(23)6-7-18(15)20/h2-7,10-12,25H,8-9,13H2,1H3,(H,24,27). The largest absolute Gasteiger partial charge is 0.361 e. The lowest BCUT2D eigenvalue weighted by molar-refractivity contribution is 0.0951. The Morgan fingerprint density at radius 3 is 2.93 bits per heavy atom. The van der Waals surface area contributed by atoms with Gasteiger partial charge in [0.2, 0.25) is 0 Å². The molecule has 0 saturated heterocycles. The molecule has 7 heteroatoms. The van der Waals surface area contributed by atoms with E-state index in [1.54, 1.807) is 17.8 Å². The summed E-state index contributed by atoms with van der Waals surface area (Å²) in [5.41, 5.74) is 3.28. The Labute approximate surface area is 171 Å². The van der Waals surface area contributed by atoms with Crippen molar-refractivity contribution in [2.24, 2.45) is 0 Å². The van der Waals surface area contributed by atoms with Crippen molar-refractivity contribution >= 4 is 28.6 Å². The molecule has 0 radical (unpaired) electrons. The van der Waals surface area contributed by atoms with Gasteiger partial charge in [0, 0.05) is 34.6 Å². The fourth-order valence-electron chi connectivity index (χ4n) is 3.18. The maximum Gasteiger partial charge on any atom is 0.252 e. The molecule has 2 N–H and O–H groups in total. The van der Waals surface area contributed by atoms with Gasteiger partial charge in [-0.3, -0.25) is 4.79 Å². The molecular weight excluding hydrogens is 389 g/mol. The van der Waals surface area contributed by atoms with Crippen molar-refractivity contribution in [1.29, 1.82) is 0 Å². The van der Waals surface area contributed by atoms with Gasteiger partial charge >= 0.3 is 0 Å². The van der Waals surface area contributed by atoms with E-state index in [2.05, 4.69) is 15.5 Å². The van der Waals surface area contributed by atoms with E-state index >= 15 is 0 Å². The number of hydrogen-bond acceptors (Lipinski definition) is 4. The first-order chi connectivity index (χ1) is 14.1. The minimum atomic E-state index is -0.270. The highest BCUT2D eigenvalue weighted by Gasteiger charge is 2.13. The number of halogens is 1. The van der Waals surface area contributed by atoms with Crippen LogP contribution in [0, 0.1) is 12.7 Å². The van der Waals surface area contributed by atoms with Gasteiger partial charge < -0.3 is 14.8 Å². The third-order valence-electron chi connectivity index (χ3n) is 4.59. The highest BCUT2D eigenvalue weighted by Crippen LogP contribution is 2.26.